The lowest BCUT2D eigenvalue weighted by Gasteiger charge is -2.20. The molecule has 1 atom stereocenters. The third-order valence-electron chi connectivity index (χ3n) is 4.97. The van der Waals surface area contributed by atoms with Gasteiger partial charge in [0.25, 0.3) is 5.91 Å². The lowest BCUT2D eigenvalue weighted by atomic mass is 10.00. The first-order valence-electron chi connectivity index (χ1n) is 10.5. The number of carbonyl (C=O) groups is 1. The Morgan fingerprint density at radius 2 is 1.81 bits per heavy atom. The molecule has 6 heteroatoms. The van der Waals surface area contributed by atoms with Crippen LogP contribution in [0, 0.1) is 0 Å². The van der Waals surface area contributed by atoms with Crippen LogP contribution in [0.15, 0.2) is 71.7 Å². The molecule has 3 N–H and O–H groups in total. The van der Waals surface area contributed by atoms with E-state index < -0.39 is 0 Å². The summed E-state index contributed by atoms with van der Waals surface area (Å²) in [6, 6.07) is 22.5. The van der Waals surface area contributed by atoms with E-state index in [0.717, 1.165) is 5.56 Å². The van der Waals surface area contributed by atoms with E-state index in [1.807, 2.05) is 31.2 Å². The Morgan fingerprint density at radius 3 is 2.61 bits per heavy atom. The molecule has 31 heavy (non-hydrogen) atoms. The van der Waals surface area contributed by atoms with E-state index in [9.17, 15) is 4.79 Å². The molecule has 3 aromatic rings. The van der Waals surface area contributed by atoms with Crippen LogP contribution in [-0.2, 0) is 11.3 Å². The number of guanidine groups is 1. The number of amides is 1. The number of hydrogen-bond acceptors (Lipinski definition) is 3. The van der Waals surface area contributed by atoms with Gasteiger partial charge in [-0.25, -0.2) is 0 Å². The van der Waals surface area contributed by atoms with Crippen LogP contribution in [-0.4, -0.2) is 32.1 Å². The first kappa shape index (κ1) is 22.2. The second-order valence-electron chi connectivity index (χ2n) is 7.25. The lowest BCUT2D eigenvalue weighted by molar-refractivity contribution is -0.122. The molecule has 0 fully saturated rings. The molecule has 0 heterocycles. The number of benzene rings is 3. The third-order valence-corrected chi connectivity index (χ3v) is 4.97. The summed E-state index contributed by atoms with van der Waals surface area (Å²) in [5, 5.41) is 12.0. The van der Waals surface area contributed by atoms with Crippen molar-refractivity contribution in [3.05, 3.63) is 77.9 Å². The Kier molecular flexibility index (Phi) is 7.87. The minimum absolute atomic E-state index is 0.0104. The number of carbonyl (C=O) groups excluding carboxylic acids is 1. The number of ether oxygens (including phenoxy) is 1. The van der Waals surface area contributed by atoms with E-state index in [2.05, 4.69) is 70.3 Å². The molecule has 0 aliphatic rings. The summed E-state index contributed by atoms with van der Waals surface area (Å²) in [5.41, 5.74) is 2.26. The molecular weight excluding hydrogens is 388 g/mol. The zero-order valence-corrected chi connectivity index (χ0v) is 18.3. The molecule has 0 saturated carbocycles. The van der Waals surface area contributed by atoms with Gasteiger partial charge in [-0.2, -0.15) is 0 Å². The molecule has 3 rings (SSSR count). The van der Waals surface area contributed by atoms with Crippen molar-refractivity contribution in [1.29, 1.82) is 0 Å². The minimum Gasteiger partial charge on any atom is -0.484 e. The van der Waals surface area contributed by atoms with E-state index in [-0.39, 0.29) is 18.6 Å². The summed E-state index contributed by atoms with van der Waals surface area (Å²) in [6.45, 7) is 5.20. The van der Waals surface area contributed by atoms with Crippen molar-refractivity contribution in [2.24, 2.45) is 4.99 Å². The molecule has 6 nitrogen and oxygen atoms in total. The summed E-state index contributed by atoms with van der Waals surface area (Å²) in [7, 11) is 1.76. The first-order chi connectivity index (χ1) is 15.1. The summed E-state index contributed by atoms with van der Waals surface area (Å²) >= 11 is 0. The van der Waals surface area contributed by atoms with Crippen molar-refractivity contribution in [2.45, 2.75) is 26.4 Å². The van der Waals surface area contributed by atoms with Crippen molar-refractivity contribution in [1.82, 2.24) is 16.0 Å². The van der Waals surface area contributed by atoms with Crippen molar-refractivity contribution < 1.29 is 9.53 Å². The van der Waals surface area contributed by atoms with E-state index in [4.69, 9.17) is 4.74 Å². The Labute approximate surface area is 183 Å². The van der Waals surface area contributed by atoms with Crippen molar-refractivity contribution in [3.8, 4) is 5.75 Å². The Bertz CT molecular complexity index is 1040. The summed E-state index contributed by atoms with van der Waals surface area (Å²) in [4.78, 5) is 15.9. The van der Waals surface area contributed by atoms with Gasteiger partial charge in [-0.15, -0.1) is 0 Å². The summed E-state index contributed by atoms with van der Waals surface area (Å²) < 4.78 is 5.57. The fourth-order valence-electron chi connectivity index (χ4n) is 3.43. The normalized spacial score (nSPS) is 12.3. The molecule has 162 valence electrons. The van der Waals surface area contributed by atoms with Crippen LogP contribution in [0.5, 0.6) is 5.75 Å². The zero-order chi connectivity index (χ0) is 22.1. The first-order valence-corrected chi connectivity index (χ1v) is 10.5. The van der Waals surface area contributed by atoms with Gasteiger partial charge >= 0.3 is 0 Å². The smallest absolute Gasteiger partial charge is 0.257 e. The Morgan fingerprint density at radius 1 is 1.03 bits per heavy atom. The van der Waals surface area contributed by atoms with Crippen LogP contribution in [0.2, 0.25) is 0 Å². The molecule has 0 aliphatic carbocycles. The fourth-order valence-corrected chi connectivity index (χ4v) is 3.43. The average molecular weight is 419 g/mol. The molecule has 0 bridgehead atoms. The predicted octanol–water partition coefficient (Wildman–Crippen LogP) is 3.78. The Hall–Kier alpha value is -3.54. The van der Waals surface area contributed by atoms with Gasteiger partial charge in [0.1, 0.15) is 5.75 Å². The van der Waals surface area contributed by atoms with Gasteiger partial charge in [-0.3, -0.25) is 9.79 Å². The lowest BCUT2D eigenvalue weighted by Crippen LogP contribution is -2.38. The molecule has 0 aromatic heterocycles. The standard InChI is InChI=1S/C25H30N4O2/c1-4-27-24(30)17-31-21-12-7-9-19(15-21)16-28-25(26-3)29-18(2)22-14-8-11-20-10-5-6-13-23(20)22/h5-15,18H,4,16-17H2,1-3H3,(H,27,30)(H2,26,28,29). The maximum absolute atomic E-state index is 11.6. The molecule has 1 unspecified atom stereocenters. The highest BCUT2D eigenvalue weighted by molar-refractivity contribution is 5.87. The highest BCUT2D eigenvalue weighted by Gasteiger charge is 2.11. The van der Waals surface area contributed by atoms with E-state index in [0.29, 0.717) is 24.8 Å². The molecular formula is C25H30N4O2. The van der Waals surface area contributed by atoms with Crippen LogP contribution in [0.25, 0.3) is 10.8 Å². The van der Waals surface area contributed by atoms with Crippen LogP contribution >= 0.6 is 0 Å². The monoisotopic (exact) mass is 418 g/mol. The topological polar surface area (TPSA) is 74.8 Å². The predicted molar refractivity (Wildman–Crippen MR) is 126 cm³/mol. The highest BCUT2D eigenvalue weighted by Crippen LogP contribution is 2.24. The summed E-state index contributed by atoms with van der Waals surface area (Å²) in [6.07, 6.45) is 0. The number of fused-ring (bicyclic) bond motifs is 1. The zero-order valence-electron chi connectivity index (χ0n) is 18.3. The Balaban J connectivity index is 1.59. The van der Waals surface area contributed by atoms with E-state index in [1.165, 1.54) is 16.3 Å². The maximum atomic E-state index is 11.6. The number of aliphatic imine (C=N–C) groups is 1. The van der Waals surface area contributed by atoms with Crippen LogP contribution in [0.1, 0.15) is 31.0 Å². The van der Waals surface area contributed by atoms with Crippen molar-refractivity contribution in [3.63, 3.8) is 0 Å². The average Bonchev–Trinajstić information content (AvgIpc) is 2.80. The van der Waals surface area contributed by atoms with Crippen LogP contribution in [0.3, 0.4) is 0 Å². The molecule has 0 aliphatic heterocycles. The highest BCUT2D eigenvalue weighted by atomic mass is 16.5. The number of likely N-dealkylation sites (N-methyl/N-ethyl adjacent to an activating group) is 1. The fraction of sp³-hybridized carbons (Fsp3) is 0.280. The van der Waals surface area contributed by atoms with Gasteiger partial charge in [0.15, 0.2) is 12.6 Å². The third kappa shape index (κ3) is 6.22. The summed E-state index contributed by atoms with van der Waals surface area (Å²) in [5.74, 6) is 1.25. The van der Waals surface area contributed by atoms with Crippen molar-refractivity contribution >= 4 is 22.6 Å². The van der Waals surface area contributed by atoms with Gasteiger partial charge in [0, 0.05) is 20.1 Å². The maximum Gasteiger partial charge on any atom is 0.257 e. The number of nitrogens with zero attached hydrogens (tertiary/aromatic N) is 1. The quantitative estimate of drug-likeness (QED) is 0.384. The van der Waals surface area contributed by atoms with Crippen LogP contribution < -0.4 is 20.7 Å². The van der Waals surface area contributed by atoms with Gasteiger partial charge in [-0.1, -0.05) is 54.6 Å². The molecule has 1 amide bonds. The molecule has 0 saturated heterocycles. The van der Waals surface area contributed by atoms with Gasteiger partial charge in [-0.05, 0) is 47.9 Å². The molecule has 3 aromatic carbocycles. The minimum atomic E-state index is -0.127. The van der Waals surface area contributed by atoms with Crippen molar-refractivity contribution in [2.75, 3.05) is 20.2 Å². The van der Waals surface area contributed by atoms with E-state index >= 15 is 0 Å². The van der Waals surface area contributed by atoms with Crippen LogP contribution in [0.4, 0.5) is 0 Å². The largest absolute Gasteiger partial charge is 0.484 e. The van der Waals surface area contributed by atoms with Gasteiger partial charge < -0.3 is 20.7 Å². The molecule has 0 radical (unpaired) electrons. The second kappa shape index (κ2) is 11.0. The van der Waals surface area contributed by atoms with E-state index in [1.54, 1.807) is 7.05 Å². The van der Waals surface area contributed by atoms with Gasteiger partial charge in [0.2, 0.25) is 0 Å². The number of hydrogen-bond donors (Lipinski definition) is 3. The van der Waals surface area contributed by atoms with Gasteiger partial charge in [0.05, 0.1) is 6.04 Å². The SMILES string of the molecule is CCNC(=O)COc1cccc(CNC(=NC)NC(C)c2cccc3ccccc23)c1. The second-order valence-corrected chi connectivity index (χ2v) is 7.25. The number of nitrogens with one attached hydrogen (secondary N) is 3. The number of rotatable bonds is 8. The molecule has 0 spiro atoms.